The topological polar surface area (TPSA) is 113 Å². The van der Waals surface area contributed by atoms with Crippen molar-refractivity contribution >= 4 is 13.6 Å². The van der Waals surface area contributed by atoms with E-state index in [9.17, 15) is 9.36 Å². The molecule has 0 radical (unpaired) electrons. The summed E-state index contributed by atoms with van der Waals surface area (Å²) in [6.07, 6.45) is 1.72. The fraction of sp³-hybridized carbons (Fsp3) is 0.833. The van der Waals surface area contributed by atoms with Crippen LogP contribution in [0.25, 0.3) is 0 Å². The van der Waals surface area contributed by atoms with E-state index in [1.807, 2.05) is 0 Å². The van der Waals surface area contributed by atoms with Gasteiger partial charge in [-0.25, -0.2) is 4.79 Å². The highest BCUT2D eigenvalue weighted by Gasteiger charge is 2.10. The normalized spacial score (nSPS) is 11.2. The molecule has 2 amide bonds. The molecule has 78 valence electrons. The molecule has 7 heteroatoms. The zero-order valence-electron chi connectivity index (χ0n) is 7.27. The summed E-state index contributed by atoms with van der Waals surface area (Å²) in [5.74, 6) is 0. The maximum atomic E-state index is 10.4. The molecule has 0 fully saturated rings. The highest BCUT2D eigenvalue weighted by Crippen LogP contribution is 2.35. The Morgan fingerprint density at radius 1 is 1.31 bits per heavy atom. The van der Waals surface area contributed by atoms with Gasteiger partial charge in [-0.2, -0.15) is 0 Å². The Bertz CT molecular complexity index is 203. The smallest absolute Gasteiger partial charge is 0.325 e. The lowest BCUT2D eigenvalue weighted by molar-refractivity contribution is 0.248. The van der Waals surface area contributed by atoms with Gasteiger partial charge >= 0.3 is 13.6 Å². The average Bonchev–Trinajstić information content (AvgIpc) is 1.93. The second-order valence-corrected chi connectivity index (χ2v) is 4.52. The van der Waals surface area contributed by atoms with E-state index in [0.717, 1.165) is 0 Å². The number of unbranched alkanes of at least 4 members (excludes halogenated alkanes) is 2. The monoisotopic (exact) mass is 210 g/mol. The summed E-state index contributed by atoms with van der Waals surface area (Å²) in [5, 5.41) is 2.39. The van der Waals surface area contributed by atoms with Gasteiger partial charge in [-0.3, -0.25) is 4.57 Å². The lowest BCUT2D eigenvalue weighted by Gasteiger charge is -2.03. The molecule has 6 nitrogen and oxygen atoms in total. The van der Waals surface area contributed by atoms with Crippen molar-refractivity contribution in [3.05, 3.63) is 0 Å². The molecule has 0 unspecified atom stereocenters. The number of carbonyl (C=O) groups excluding carboxylic acids is 1. The molecule has 5 N–H and O–H groups in total. The molecule has 0 atom stereocenters. The van der Waals surface area contributed by atoms with E-state index in [2.05, 4.69) is 5.32 Å². The largest absolute Gasteiger partial charge is 0.352 e. The number of hydrogen-bond acceptors (Lipinski definition) is 2. The number of hydrogen-bond donors (Lipinski definition) is 4. The molecule has 0 aromatic carbocycles. The molecule has 0 aliphatic rings. The number of carbonyl (C=O) groups is 1. The van der Waals surface area contributed by atoms with Crippen LogP contribution in [0.5, 0.6) is 0 Å². The first-order chi connectivity index (χ1) is 5.92. The van der Waals surface area contributed by atoms with Crippen molar-refractivity contribution in [3.63, 3.8) is 0 Å². The molecule has 0 aliphatic heterocycles. The van der Waals surface area contributed by atoms with Crippen LogP contribution < -0.4 is 11.1 Å². The summed E-state index contributed by atoms with van der Waals surface area (Å²) < 4.78 is 10.4. The van der Waals surface area contributed by atoms with Gasteiger partial charge in [0.15, 0.2) is 0 Å². The molecule has 0 aromatic rings. The summed E-state index contributed by atoms with van der Waals surface area (Å²) in [6.45, 7) is 0.455. The summed E-state index contributed by atoms with van der Waals surface area (Å²) in [4.78, 5) is 27.1. The first-order valence-corrected chi connectivity index (χ1v) is 5.79. The first-order valence-electron chi connectivity index (χ1n) is 4.00. The number of nitrogens with two attached hydrogens (primary N) is 1. The van der Waals surface area contributed by atoms with E-state index in [4.69, 9.17) is 15.5 Å². The van der Waals surface area contributed by atoms with Crippen molar-refractivity contribution < 1.29 is 19.1 Å². The number of primary amides is 1. The standard InChI is InChI=1S/C6H15N2O4P/c7-6(9)8-4-2-1-3-5-13(10,11)12/h1-5H2,(H3,7,8,9)(H2,10,11,12). The van der Waals surface area contributed by atoms with E-state index >= 15 is 0 Å². The minimum Gasteiger partial charge on any atom is -0.352 e. The predicted octanol–water partition coefficient (Wildman–Crippen LogP) is 0.00270. The molecule has 0 rings (SSSR count). The molecule has 0 spiro atoms. The Hall–Kier alpha value is -0.580. The number of amides is 2. The lowest BCUT2D eigenvalue weighted by atomic mass is 10.2. The van der Waals surface area contributed by atoms with Crippen LogP contribution in [-0.2, 0) is 4.57 Å². The van der Waals surface area contributed by atoms with Crippen LogP contribution >= 0.6 is 7.60 Å². The predicted molar refractivity (Wildman–Crippen MR) is 48.3 cm³/mol. The zero-order chi connectivity index (χ0) is 10.3. The molecule has 0 bridgehead atoms. The van der Waals surface area contributed by atoms with Crippen molar-refractivity contribution in [2.24, 2.45) is 5.73 Å². The molecular formula is C6H15N2O4P. The van der Waals surface area contributed by atoms with Crippen LogP contribution in [0.15, 0.2) is 0 Å². The van der Waals surface area contributed by atoms with Crippen LogP contribution in [0.3, 0.4) is 0 Å². The van der Waals surface area contributed by atoms with Crippen LogP contribution in [-0.4, -0.2) is 28.5 Å². The van der Waals surface area contributed by atoms with Crippen LogP contribution in [0.2, 0.25) is 0 Å². The fourth-order valence-electron chi connectivity index (χ4n) is 0.831. The van der Waals surface area contributed by atoms with Gasteiger partial charge in [0.25, 0.3) is 0 Å². The highest BCUT2D eigenvalue weighted by molar-refractivity contribution is 7.51. The van der Waals surface area contributed by atoms with Crippen LogP contribution in [0, 0.1) is 0 Å². The maximum absolute atomic E-state index is 10.4. The minimum absolute atomic E-state index is 0.0937. The van der Waals surface area contributed by atoms with Crippen molar-refractivity contribution in [2.45, 2.75) is 19.3 Å². The molecule has 0 aromatic heterocycles. The van der Waals surface area contributed by atoms with Crippen LogP contribution in [0.1, 0.15) is 19.3 Å². The Labute approximate surface area is 76.7 Å². The molecule has 0 aliphatic carbocycles. The summed E-state index contributed by atoms with van der Waals surface area (Å²) in [5.41, 5.74) is 4.80. The van der Waals surface area contributed by atoms with Gasteiger partial charge < -0.3 is 20.8 Å². The second kappa shape index (κ2) is 5.96. The Morgan fingerprint density at radius 3 is 2.38 bits per heavy atom. The number of nitrogens with one attached hydrogen (secondary N) is 1. The van der Waals surface area contributed by atoms with E-state index in [1.54, 1.807) is 0 Å². The van der Waals surface area contributed by atoms with E-state index in [-0.39, 0.29) is 6.16 Å². The van der Waals surface area contributed by atoms with Crippen molar-refractivity contribution in [2.75, 3.05) is 12.7 Å². The van der Waals surface area contributed by atoms with Crippen LogP contribution in [0.4, 0.5) is 4.79 Å². The van der Waals surface area contributed by atoms with Gasteiger partial charge in [0.1, 0.15) is 0 Å². The third-order valence-electron chi connectivity index (χ3n) is 1.43. The number of rotatable bonds is 6. The van der Waals surface area contributed by atoms with Gasteiger partial charge in [-0.05, 0) is 12.8 Å². The Morgan fingerprint density at radius 2 is 1.92 bits per heavy atom. The van der Waals surface area contributed by atoms with Gasteiger partial charge in [-0.1, -0.05) is 6.42 Å². The summed E-state index contributed by atoms with van der Waals surface area (Å²) in [7, 11) is -3.85. The van der Waals surface area contributed by atoms with E-state index in [1.165, 1.54) is 0 Å². The fourth-order valence-corrected chi connectivity index (χ4v) is 1.47. The Kier molecular flexibility index (Phi) is 5.70. The van der Waals surface area contributed by atoms with Gasteiger partial charge in [0, 0.05) is 12.7 Å². The van der Waals surface area contributed by atoms with Gasteiger partial charge in [0.2, 0.25) is 0 Å². The highest BCUT2D eigenvalue weighted by atomic mass is 31.2. The quantitative estimate of drug-likeness (QED) is 0.365. The number of urea groups is 1. The van der Waals surface area contributed by atoms with E-state index in [0.29, 0.717) is 25.8 Å². The molecular weight excluding hydrogens is 195 g/mol. The molecule has 0 heterocycles. The van der Waals surface area contributed by atoms with Gasteiger partial charge in [0.05, 0.1) is 0 Å². The Balaban J connectivity index is 3.18. The second-order valence-electron chi connectivity index (χ2n) is 2.74. The van der Waals surface area contributed by atoms with Crippen molar-refractivity contribution in [1.29, 1.82) is 0 Å². The van der Waals surface area contributed by atoms with Gasteiger partial charge in [-0.15, -0.1) is 0 Å². The third kappa shape index (κ3) is 11.4. The third-order valence-corrected chi connectivity index (χ3v) is 2.32. The summed E-state index contributed by atoms with van der Waals surface area (Å²) in [6, 6.07) is -0.574. The lowest BCUT2D eigenvalue weighted by Crippen LogP contribution is -2.29. The average molecular weight is 210 g/mol. The SMILES string of the molecule is NC(=O)NCCCCCP(=O)(O)O. The zero-order valence-corrected chi connectivity index (χ0v) is 8.17. The van der Waals surface area contributed by atoms with Crippen molar-refractivity contribution in [3.8, 4) is 0 Å². The first kappa shape index (κ1) is 12.4. The molecule has 0 saturated heterocycles. The molecule has 0 saturated carbocycles. The van der Waals surface area contributed by atoms with E-state index < -0.39 is 13.6 Å². The summed E-state index contributed by atoms with van der Waals surface area (Å²) >= 11 is 0. The van der Waals surface area contributed by atoms with Crippen molar-refractivity contribution in [1.82, 2.24) is 5.32 Å². The molecule has 13 heavy (non-hydrogen) atoms. The maximum Gasteiger partial charge on any atom is 0.325 e. The minimum atomic E-state index is -3.85.